The second-order valence-electron chi connectivity index (χ2n) is 4.29. The Hall–Kier alpha value is -1.57. The number of rotatable bonds is 3. The van der Waals surface area contributed by atoms with Gasteiger partial charge in [-0.2, -0.15) is 5.10 Å². The number of hydrogen-bond donors (Lipinski definition) is 0. The Morgan fingerprint density at radius 1 is 1.19 bits per heavy atom. The van der Waals surface area contributed by atoms with E-state index < -0.39 is 0 Å². The van der Waals surface area contributed by atoms with Crippen LogP contribution in [-0.2, 0) is 6.42 Å². The van der Waals surface area contributed by atoms with Crippen molar-refractivity contribution in [1.29, 1.82) is 0 Å². The Morgan fingerprint density at radius 2 is 2.00 bits per heavy atom. The zero-order valence-electron chi connectivity index (χ0n) is 10.2. The summed E-state index contributed by atoms with van der Waals surface area (Å²) < 4.78 is 1.98. The second-order valence-corrected chi connectivity index (χ2v) is 4.29. The van der Waals surface area contributed by atoms with Gasteiger partial charge in [-0.25, -0.2) is 4.68 Å². The van der Waals surface area contributed by atoms with Gasteiger partial charge in [-0.1, -0.05) is 25.5 Å². The van der Waals surface area contributed by atoms with E-state index in [1.807, 2.05) is 10.9 Å². The van der Waals surface area contributed by atoms with Crippen LogP contribution in [0.5, 0.6) is 0 Å². The summed E-state index contributed by atoms with van der Waals surface area (Å²) >= 11 is 0. The van der Waals surface area contributed by atoms with E-state index >= 15 is 0 Å². The summed E-state index contributed by atoms with van der Waals surface area (Å²) in [6.45, 7) is 6.41. The van der Waals surface area contributed by atoms with Gasteiger partial charge >= 0.3 is 0 Å². The predicted octanol–water partition coefficient (Wildman–Crippen LogP) is 3.44. The summed E-state index contributed by atoms with van der Waals surface area (Å²) in [6, 6.07) is 8.56. The Labute approximate surface area is 96.9 Å². The average molecular weight is 214 g/mol. The molecule has 2 heteroatoms. The highest BCUT2D eigenvalue weighted by Gasteiger charge is 2.03. The molecule has 0 fully saturated rings. The minimum absolute atomic E-state index is 1.05. The normalized spacial score (nSPS) is 10.7. The molecule has 0 unspecified atom stereocenters. The van der Waals surface area contributed by atoms with Gasteiger partial charge in [-0.3, -0.25) is 0 Å². The van der Waals surface area contributed by atoms with Gasteiger partial charge in [0, 0.05) is 6.20 Å². The molecule has 2 rings (SSSR count). The fourth-order valence-corrected chi connectivity index (χ4v) is 1.85. The molecule has 2 aromatic rings. The molecule has 1 aromatic carbocycles. The van der Waals surface area contributed by atoms with Gasteiger partial charge in [0.2, 0.25) is 0 Å². The van der Waals surface area contributed by atoms with Crippen LogP contribution >= 0.6 is 0 Å². The SMILES string of the molecule is CCCc1ccn(-c2cc(C)ccc2C)n1. The van der Waals surface area contributed by atoms with E-state index in [1.165, 1.54) is 22.5 Å². The van der Waals surface area contributed by atoms with E-state index in [-0.39, 0.29) is 0 Å². The van der Waals surface area contributed by atoms with E-state index in [0.717, 1.165) is 12.8 Å². The third-order valence-electron chi connectivity index (χ3n) is 2.76. The van der Waals surface area contributed by atoms with Crippen LogP contribution in [0.2, 0.25) is 0 Å². The molecule has 16 heavy (non-hydrogen) atoms. The minimum Gasteiger partial charge on any atom is -0.240 e. The van der Waals surface area contributed by atoms with Crippen LogP contribution in [0.15, 0.2) is 30.5 Å². The lowest BCUT2D eigenvalue weighted by molar-refractivity contribution is 0.803. The van der Waals surface area contributed by atoms with Crippen LogP contribution < -0.4 is 0 Å². The molecule has 0 amide bonds. The summed E-state index contributed by atoms with van der Waals surface area (Å²) in [5.41, 5.74) is 4.88. The van der Waals surface area contributed by atoms with E-state index in [1.54, 1.807) is 0 Å². The molecule has 0 radical (unpaired) electrons. The number of benzene rings is 1. The summed E-state index contributed by atoms with van der Waals surface area (Å²) in [7, 11) is 0. The molecular weight excluding hydrogens is 196 g/mol. The van der Waals surface area contributed by atoms with Crippen LogP contribution in [0.1, 0.15) is 30.2 Å². The first-order valence-corrected chi connectivity index (χ1v) is 5.83. The van der Waals surface area contributed by atoms with Crippen molar-refractivity contribution >= 4 is 0 Å². The molecule has 0 N–H and O–H groups in total. The Kier molecular flexibility index (Phi) is 3.09. The van der Waals surface area contributed by atoms with Crippen molar-refractivity contribution in [3.63, 3.8) is 0 Å². The molecule has 0 aliphatic carbocycles. The maximum atomic E-state index is 4.59. The predicted molar refractivity (Wildman–Crippen MR) is 67.0 cm³/mol. The van der Waals surface area contributed by atoms with Crippen LogP contribution in [0, 0.1) is 13.8 Å². The molecule has 0 bridgehead atoms. The van der Waals surface area contributed by atoms with Gasteiger partial charge in [0.15, 0.2) is 0 Å². The maximum Gasteiger partial charge on any atom is 0.0677 e. The van der Waals surface area contributed by atoms with Crippen LogP contribution in [0.25, 0.3) is 5.69 Å². The highest BCUT2D eigenvalue weighted by Crippen LogP contribution is 2.15. The van der Waals surface area contributed by atoms with Crippen molar-refractivity contribution in [1.82, 2.24) is 9.78 Å². The fourth-order valence-electron chi connectivity index (χ4n) is 1.85. The molecule has 1 heterocycles. The molecule has 0 aliphatic rings. The summed E-state index contributed by atoms with van der Waals surface area (Å²) in [5, 5.41) is 4.59. The molecule has 1 aromatic heterocycles. The highest BCUT2D eigenvalue weighted by molar-refractivity contribution is 5.42. The lowest BCUT2D eigenvalue weighted by atomic mass is 10.1. The van der Waals surface area contributed by atoms with Crippen LogP contribution in [-0.4, -0.2) is 9.78 Å². The van der Waals surface area contributed by atoms with Crippen molar-refractivity contribution in [2.75, 3.05) is 0 Å². The van der Waals surface area contributed by atoms with E-state index in [2.05, 4.69) is 50.1 Å². The van der Waals surface area contributed by atoms with E-state index in [4.69, 9.17) is 0 Å². The van der Waals surface area contributed by atoms with Crippen molar-refractivity contribution in [2.24, 2.45) is 0 Å². The lowest BCUT2D eigenvalue weighted by Gasteiger charge is -2.06. The van der Waals surface area contributed by atoms with Crippen LogP contribution in [0.3, 0.4) is 0 Å². The summed E-state index contributed by atoms with van der Waals surface area (Å²) in [5.74, 6) is 0. The Morgan fingerprint density at radius 3 is 2.75 bits per heavy atom. The third-order valence-corrected chi connectivity index (χ3v) is 2.76. The first-order valence-electron chi connectivity index (χ1n) is 5.83. The molecule has 84 valence electrons. The van der Waals surface area contributed by atoms with Crippen molar-refractivity contribution < 1.29 is 0 Å². The maximum absolute atomic E-state index is 4.59. The monoisotopic (exact) mass is 214 g/mol. The first-order chi connectivity index (χ1) is 7.70. The Balaban J connectivity index is 2.38. The van der Waals surface area contributed by atoms with Gasteiger partial charge in [0.1, 0.15) is 0 Å². The first kappa shape index (κ1) is 10.9. The van der Waals surface area contributed by atoms with E-state index in [9.17, 15) is 0 Å². The highest BCUT2D eigenvalue weighted by atomic mass is 15.3. The Bertz CT molecular complexity index is 483. The topological polar surface area (TPSA) is 17.8 Å². The molecule has 2 nitrogen and oxygen atoms in total. The average Bonchev–Trinajstić information content (AvgIpc) is 2.71. The van der Waals surface area contributed by atoms with Crippen molar-refractivity contribution in [3.8, 4) is 5.69 Å². The van der Waals surface area contributed by atoms with Gasteiger partial charge in [0.05, 0.1) is 11.4 Å². The molecular formula is C14H18N2. The number of nitrogens with zero attached hydrogens (tertiary/aromatic N) is 2. The summed E-state index contributed by atoms with van der Waals surface area (Å²) in [6.07, 6.45) is 4.24. The fraction of sp³-hybridized carbons (Fsp3) is 0.357. The zero-order valence-corrected chi connectivity index (χ0v) is 10.2. The third kappa shape index (κ3) is 2.16. The van der Waals surface area contributed by atoms with Gasteiger partial charge < -0.3 is 0 Å². The van der Waals surface area contributed by atoms with Gasteiger partial charge in [0.25, 0.3) is 0 Å². The standard InChI is InChI=1S/C14H18N2/c1-4-5-13-8-9-16(15-13)14-10-11(2)6-7-12(14)3/h6-10H,4-5H2,1-3H3. The smallest absolute Gasteiger partial charge is 0.0677 e. The quantitative estimate of drug-likeness (QED) is 0.765. The zero-order chi connectivity index (χ0) is 11.5. The lowest BCUT2D eigenvalue weighted by Crippen LogP contribution is -1.99. The second kappa shape index (κ2) is 4.52. The molecule has 0 aliphatic heterocycles. The molecule has 0 saturated heterocycles. The molecule has 0 atom stereocenters. The van der Waals surface area contributed by atoms with Gasteiger partial charge in [-0.15, -0.1) is 0 Å². The minimum atomic E-state index is 1.05. The number of aryl methyl sites for hydroxylation is 3. The van der Waals surface area contributed by atoms with Crippen molar-refractivity contribution in [3.05, 3.63) is 47.3 Å². The largest absolute Gasteiger partial charge is 0.240 e. The van der Waals surface area contributed by atoms with E-state index in [0.29, 0.717) is 0 Å². The molecule has 0 saturated carbocycles. The van der Waals surface area contributed by atoms with Gasteiger partial charge in [-0.05, 0) is 43.5 Å². The van der Waals surface area contributed by atoms with Crippen LogP contribution in [0.4, 0.5) is 0 Å². The summed E-state index contributed by atoms with van der Waals surface area (Å²) in [4.78, 5) is 0. The van der Waals surface area contributed by atoms with Crippen molar-refractivity contribution in [2.45, 2.75) is 33.6 Å². The molecule has 0 spiro atoms. The number of aromatic nitrogens is 2. The number of hydrogen-bond acceptors (Lipinski definition) is 1.